The van der Waals surface area contributed by atoms with Gasteiger partial charge in [0, 0.05) is 24.6 Å². The molecule has 94 valence electrons. The first kappa shape index (κ1) is 13.6. The lowest BCUT2D eigenvalue weighted by molar-refractivity contribution is 0.406. The van der Waals surface area contributed by atoms with Gasteiger partial charge >= 0.3 is 0 Å². The van der Waals surface area contributed by atoms with Gasteiger partial charge in [-0.05, 0) is 47.2 Å². The van der Waals surface area contributed by atoms with Crippen molar-refractivity contribution in [2.24, 2.45) is 5.92 Å². The van der Waals surface area contributed by atoms with Crippen LogP contribution in [-0.2, 0) is 0 Å². The van der Waals surface area contributed by atoms with E-state index in [0.29, 0.717) is 5.02 Å². The predicted molar refractivity (Wildman–Crippen MR) is 80.3 cm³/mol. The molecule has 1 atom stereocenters. The van der Waals surface area contributed by atoms with Crippen LogP contribution in [0.3, 0.4) is 0 Å². The van der Waals surface area contributed by atoms with Gasteiger partial charge < -0.3 is 4.90 Å². The highest BCUT2D eigenvalue weighted by Gasteiger charge is 2.21. The topological polar surface area (TPSA) is 16.1 Å². The van der Waals surface area contributed by atoms with Crippen LogP contribution in [0.4, 0.5) is 5.82 Å². The van der Waals surface area contributed by atoms with Gasteiger partial charge in [-0.15, -0.1) is 0 Å². The Labute approximate surface area is 124 Å². The molecule has 0 amide bonds. The Bertz CT molecular complexity index is 385. The van der Waals surface area contributed by atoms with Crippen LogP contribution in [0.1, 0.15) is 19.3 Å². The molecule has 1 saturated heterocycles. The van der Waals surface area contributed by atoms with Crippen LogP contribution in [0.5, 0.6) is 0 Å². The molecular weight excluding hydrogens is 367 g/mol. The van der Waals surface area contributed by atoms with Crippen molar-refractivity contribution in [2.75, 3.05) is 23.3 Å². The second-order valence-electron chi connectivity index (χ2n) is 4.39. The summed E-state index contributed by atoms with van der Waals surface area (Å²) in [5, 5.41) is 1.76. The van der Waals surface area contributed by atoms with E-state index in [4.69, 9.17) is 11.6 Å². The lowest BCUT2D eigenvalue weighted by Gasteiger charge is -2.34. The molecule has 17 heavy (non-hydrogen) atoms. The zero-order valence-electron chi connectivity index (χ0n) is 9.50. The SMILES string of the molecule is Clc1cnc(N2CCCC(CCBr)C2)c(Br)c1. The number of alkyl halides is 1. The lowest BCUT2D eigenvalue weighted by Crippen LogP contribution is -2.36. The summed E-state index contributed by atoms with van der Waals surface area (Å²) in [5.41, 5.74) is 0. The van der Waals surface area contributed by atoms with Crippen molar-refractivity contribution in [1.29, 1.82) is 0 Å². The average Bonchev–Trinajstić information content (AvgIpc) is 2.29. The minimum absolute atomic E-state index is 0.676. The zero-order chi connectivity index (χ0) is 12.3. The van der Waals surface area contributed by atoms with Crippen molar-refractivity contribution in [3.63, 3.8) is 0 Å². The molecular formula is C12H15Br2ClN2. The Balaban J connectivity index is 2.10. The number of rotatable bonds is 3. The molecule has 2 heterocycles. The number of hydrogen-bond acceptors (Lipinski definition) is 2. The fraction of sp³-hybridized carbons (Fsp3) is 0.583. The third-order valence-corrected chi connectivity index (χ3v) is 4.37. The second kappa shape index (κ2) is 6.39. The van der Waals surface area contributed by atoms with Crippen LogP contribution in [-0.4, -0.2) is 23.4 Å². The maximum Gasteiger partial charge on any atom is 0.142 e. The molecule has 2 nitrogen and oxygen atoms in total. The Morgan fingerprint density at radius 3 is 3.06 bits per heavy atom. The molecule has 5 heteroatoms. The van der Waals surface area contributed by atoms with Crippen LogP contribution < -0.4 is 4.90 Å². The maximum absolute atomic E-state index is 5.92. The van der Waals surface area contributed by atoms with Crippen molar-refractivity contribution < 1.29 is 0 Å². The Hall–Kier alpha value is 0.200. The first-order chi connectivity index (χ1) is 8.20. The standard InChI is InChI=1S/C12H15Br2ClN2/c13-4-3-9-2-1-5-17(8-9)12-11(14)6-10(15)7-16-12/h6-7,9H,1-5,8H2. The van der Waals surface area contributed by atoms with Gasteiger partial charge in [0.05, 0.1) is 9.50 Å². The molecule has 0 aromatic carbocycles. The van der Waals surface area contributed by atoms with Crippen LogP contribution in [0.25, 0.3) is 0 Å². The van der Waals surface area contributed by atoms with E-state index < -0.39 is 0 Å². The summed E-state index contributed by atoms with van der Waals surface area (Å²) in [5.74, 6) is 1.79. The number of nitrogens with zero attached hydrogens (tertiary/aromatic N) is 2. The molecule has 0 radical (unpaired) electrons. The summed E-state index contributed by atoms with van der Waals surface area (Å²) in [6, 6.07) is 1.91. The van der Waals surface area contributed by atoms with Crippen LogP contribution in [0, 0.1) is 5.92 Å². The second-order valence-corrected chi connectivity index (χ2v) is 6.47. The summed E-state index contributed by atoms with van der Waals surface area (Å²) in [4.78, 5) is 6.79. The molecule has 1 aliphatic heterocycles. The number of halogens is 3. The quantitative estimate of drug-likeness (QED) is 0.716. The number of anilines is 1. The van der Waals surface area contributed by atoms with Crippen molar-refractivity contribution in [3.8, 4) is 0 Å². The Morgan fingerprint density at radius 1 is 1.53 bits per heavy atom. The van der Waals surface area contributed by atoms with E-state index in [2.05, 4.69) is 41.7 Å². The number of piperidine rings is 1. The number of pyridine rings is 1. The normalized spacial score (nSPS) is 20.6. The van der Waals surface area contributed by atoms with Crippen molar-refractivity contribution in [1.82, 2.24) is 4.98 Å². The number of hydrogen-bond donors (Lipinski definition) is 0. The monoisotopic (exact) mass is 380 g/mol. The molecule has 0 aliphatic carbocycles. The summed E-state index contributed by atoms with van der Waals surface area (Å²) >= 11 is 13.0. The van der Waals surface area contributed by atoms with Gasteiger partial charge in [-0.25, -0.2) is 4.98 Å². The summed E-state index contributed by atoms with van der Waals surface area (Å²) in [6.45, 7) is 2.19. The largest absolute Gasteiger partial charge is 0.355 e. The summed E-state index contributed by atoms with van der Waals surface area (Å²) in [6.07, 6.45) is 5.53. The molecule has 1 unspecified atom stereocenters. The fourth-order valence-electron chi connectivity index (χ4n) is 2.29. The Kier molecular flexibility index (Phi) is 5.12. The highest BCUT2D eigenvalue weighted by molar-refractivity contribution is 9.10. The minimum Gasteiger partial charge on any atom is -0.355 e. The smallest absolute Gasteiger partial charge is 0.142 e. The molecule has 0 spiro atoms. The molecule has 2 rings (SSSR count). The highest BCUT2D eigenvalue weighted by atomic mass is 79.9. The first-order valence-corrected chi connectivity index (χ1v) is 8.12. The van der Waals surface area contributed by atoms with Crippen molar-refractivity contribution in [2.45, 2.75) is 19.3 Å². The third kappa shape index (κ3) is 3.58. The van der Waals surface area contributed by atoms with Gasteiger partial charge in [-0.3, -0.25) is 0 Å². The Morgan fingerprint density at radius 2 is 2.35 bits per heavy atom. The van der Waals surface area contributed by atoms with Gasteiger partial charge in [-0.1, -0.05) is 27.5 Å². The van der Waals surface area contributed by atoms with Crippen LogP contribution in [0.15, 0.2) is 16.7 Å². The van der Waals surface area contributed by atoms with Gasteiger partial charge in [-0.2, -0.15) is 0 Å². The molecule has 1 aliphatic rings. The van der Waals surface area contributed by atoms with E-state index in [0.717, 1.165) is 34.6 Å². The van der Waals surface area contributed by atoms with Crippen LogP contribution in [0.2, 0.25) is 5.02 Å². The van der Waals surface area contributed by atoms with Gasteiger partial charge in [0.2, 0.25) is 0 Å². The van der Waals surface area contributed by atoms with E-state index in [-0.39, 0.29) is 0 Å². The van der Waals surface area contributed by atoms with E-state index in [1.54, 1.807) is 6.20 Å². The minimum atomic E-state index is 0.676. The third-order valence-electron chi connectivity index (χ3n) is 3.12. The molecule has 0 bridgehead atoms. The first-order valence-electron chi connectivity index (χ1n) is 5.82. The van der Waals surface area contributed by atoms with Crippen molar-refractivity contribution >= 4 is 49.3 Å². The molecule has 1 aromatic heterocycles. The van der Waals surface area contributed by atoms with Crippen LogP contribution >= 0.6 is 43.5 Å². The van der Waals surface area contributed by atoms with E-state index >= 15 is 0 Å². The van der Waals surface area contributed by atoms with E-state index in [9.17, 15) is 0 Å². The predicted octanol–water partition coefficient (Wildman–Crippen LogP) is 4.50. The fourth-order valence-corrected chi connectivity index (χ4v) is 3.82. The molecule has 1 aromatic rings. The molecule has 0 saturated carbocycles. The summed E-state index contributed by atoms with van der Waals surface area (Å²) in [7, 11) is 0. The molecule has 1 fully saturated rings. The van der Waals surface area contributed by atoms with Gasteiger partial charge in [0.25, 0.3) is 0 Å². The van der Waals surface area contributed by atoms with Gasteiger partial charge in [0.1, 0.15) is 5.82 Å². The van der Waals surface area contributed by atoms with E-state index in [1.807, 2.05) is 6.07 Å². The van der Waals surface area contributed by atoms with Gasteiger partial charge in [0.15, 0.2) is 0 Å². The zero-order valence-corrected chi connectivity index (χ0v) is 13.4. The highest BCUT2D eigenvalue weighted by Crippen LogP contribution is 2.30. The molecule has 0 N–H and O–H groups in total. The summed E-state index contributed by atoms with van der Waals surface area (Å²) < 4.78 is 0.990. The van der Waals surface area contributed by atoms with Crippen molar-refractivity contribution in [3.05, 3.63) is 21.8 Å². The average molecular weight is 383 g/mol. The maximum atomic E-state index is 5.92. The van der Waals surface area contributed by atoms with E-state index in [1.165, 1.54) is 19.3 Å². The number of aromatic nitrogens is 1. The lowest BCUT2D eigenvalue weighted by atomic mass is 9.96.